The van der Waals surface area contributed by atoms with Gasteiger partial charge < -0.3 is 14.8 Å². The molecule has 158 valence electrons. The molecule has 0 bridgehead atoms. The van der Waals surface area contributed by atoms with Crippen molar-refractivity contribution < 1.29 is 14.3 Å². The summed E-state index contributed by atoms with van der Waals surface area (Å²) in [5.74, 6) is 1.16. The number of amides is 1. The van der Waals surface area contributed by atoms with E-state index in [9.17, 15) is 9.59 Å². The van der Waals surface area contributed by atoms with Gasteiger partial charge in [-0.2, -0.15) is 5.10 Å². The van der Waals surface area contributed by atoms with Crippen molar-refractivity contribution in [2.24, 2.45) is 0 Å². The molecule has 0 radical (unpaired) electrons. The number of hydrogen-bond acceptors (Lipinski definition) is 6. The van der Waals surface area contributed by atoms with Crippen molar-refractivity contribution in [2.45, 2.75) is 26.3 Å². The van der Waals surface area contributed by atoms with Gasteiger partial charge in [0.2, 0.25) is 5.91 Å². The number of benzene rings is 1. The molecule has 0 aliphatic heterocycles. The van der Waals surface area contributed by atoms with E-state index in [4.69, 9.17) is 9.47 Å². The molecule has 3 rings (SSSR count). The van der Waals surface area contributed by atoms with Gasteiger partial charge in [-0.3, -0.25) is 9.59 Å². The van der Waals surface area contributed by atoms with Crippen LogP contribution >= 0.6 is 11.3 Å². The topological polar surface area (TPSA) is 82.4 Å². The summed E-state index contributed by atoms with van der Waals surface area (Å²) in [7, 11) is 0. The fourth-order valence-electron chi connectivity index (χ4n) is 2.81. The number of nitrogens with one attached hydrogen (secondary N) is 1. The SMILES string of the molecule is CCOc1ccc(OCCNC(=O)C(C)(C)n2nc(-c3cccs3)ccc2=O)cc1. The van der Waals surface area contributed by atoms with Crippen LogP contribution in [0.25, 0.3) is 10.6 Å². The molecule has 1 N–H and O–H groups in total. The van der Waals surface area contributed by atoms with Crippen LogP contribution in [0.5, 0.6) is 11.5 Å². The van der Waals surface area contributed by atoms with Crippen molar-refractivity contribution in [3.8, 4) is 22.1 Å². The highest BCUT2D eigenvalue weighted by atomic mass is 32.1. The highest BCUT2D eigenvalue weighted by molar-refractivity contribution is 7.13. The molecule has 0 spiro atoms. The molecule has 8 heteroatoms. The molecule has 2 heterocycles. The quantitative estimate of drug-likeness (QED) is 0.530. The summed E-state index contributed by atoms with van der Waals surface area (Å²) in [6.07, 6.45) is 0. The molecule has 7 nitrogen and oxygen atoms in total. The van der Waals surface area contributed by atoms with E-state index in [1.807, 2.05) is 48.7 Å². The van der Waals surface area contributed by atoms with E-state index in [0.29, 0.717) is 31.2 Å². The number of aromatic nitrogens is 2. The fourth-order valence-corrected chi connectivity index (χ4v) is 3.50. The summed E-state index contributed by atoms with van der Waals surface area (Å²) in [4.78, 5) is 26.1. The minimum atomic E-state index is -1.15. The van der Waals surface area contributed by atoms with E-state index in [-0.39, 0.29) is 11.5 Å². The van der Waals surface area contributed by atoms with Gasteiger partial charge >= 0.3 is 0 Å². The van der Waals surface area contributed by atoms with E-state index in [2.05, 4.69) is 10.4 Å². The summed E-state index contributed by atoms with van der Waals surface area (Å²) in [5.41, 5.74) is -0.825. The Kier molecular flexibility index (Phi) is 6.89. The van der Waals surface area contributed by atoms with Crippen LogP contribution in [0.4, 0.5) is 0 Å². The number of ether oxygens (including phenoxy) is 2. The van der Waals surface area contributed by atoms with Gasteiger partial charge in [0, 0.05) is 6.07 Å². The van der Waals surface area contributed by atoms with Crippen molar-refractivity contribution >= 4 is 17.2 Å². The van der Waals surface area contributed by atoms with Crippen molar-refractivity contribution in [3.05, 3.63) is 64.3 Å². The van der Waals surface area contributed by atoms with Gasteiger partial charge in [0.1, 0.15) is 29.3 Å². The Morgan fingerprint density at radius 2 is 1.80 bits per heavy atom. The summed E-state index contributed by atoms with van der Waals surface area (Å²) in [6.45, 7) is 6.47. The second-order valence-corrected chi connectivity index (χ2v) is 7.96. The lowest BCUT2D eigenvalue weighted by molar-refractivity contribution is -0.129. The van der Waals surface area contributed by atoms with Gasteiger partial charge in [0.25, 0.3) is 5.56 Å². The van der Waals surface area contributed by atoms with Crippen molar-refractivity contribution in [3.63, 3.8) is 0 Å². The lowest BCUT2D eigenvalue weighted by Gasteiger charge is -2.25. The third kappa shape index (κ3) is 5.07. The largest absolute Gasteiger partial charge is 0.494 e. The molecule has 1 amide bonds. The van der Waals surface area contributed by atoms with Crippen LogP contribution in [0.15, 0.2) is 58.7 Å². The molecule has 0 saturated heterocycles. The third-order valence-corrected chi connectivity index (χ3v) is 5.34. The number of hydrogen-bond donors (Lipinski definition) is 1. The molecule has 0 saturated carbocycles. The monoisotopic (exact) mass is 427 g/mol. The maximum absolute atomic E-state index is 12.8. The summed E-state index contributed by atoms with van der Waals surface area (Å²) in [6, 6.07) is 14.2. The van der Waals surface area contributed by atoms with Crippen molar-refractivity contribution in [1.29, 1.82) is 0 Å². The van der Waals surface area contributed by atoms with Crippen molar-refractivity contribution in [1.82, 2.24) is 15.1 Å². The predicted octanol–water partition coefficient (Wildman–Crippen LogP) is 3.30. The van der Waals surface area contributed by atoms with E-state index in [1.165, 1.54) is 22.1 Å². The third-order valence-electron chi connectivity index (χ3n) is 4.45. The Morgan fingerprint density at radius 3 is 2.43 bits per heavy atom. The number of carbonyl (C=O) groups excluding carboxylic acids is 1. The summed E-state index contributed by atoms with van der Waals surface area (Å²) >= 11 is 1.53. The number of carbonyl (C=O) groups is 1. The molecule has 0 atom stereocenters. The molecule has 0 aliphatic rings. The van der Waals surface area contributed by atoms with Crippen LogP contribution in [0.1, 0.15) is 20.8 Å². The first kappa shape index (κ1) is 21.6. The Bertz CT molecular complexity index is 1030. The Balaban J connectivity index is 1.59. The molecule has 3 aromatic rings. The van der Waals surface area contributed by atoms with E-state index < -0.39 is 5.54 Å². The highest BCUT2D eigenvalue weighted by Gasteiger charge is 2.32. The lowest BCUT2D eigenvalue weighted by Crippen LogP contribution is -2.50. The average Bonchev–Trinajstić information content (AvgIpc) is 3.27. The van der Waals surface area contributed by atoms with Crippen molar-refractivity contribution in [2.75, 3.05) is 19.8 Å². The molecule has 0 aliphatic carbocycles. The number of nitrogens with zero attached hydrogens (tertiary/aromatic N) is 2. The van der Waals surface area contributed by atoms with Crippen LogP contribution in [0.2, 0.25) is 0 Å². The minimum absolute atomic E-state index is 0.299. The standard InChI is InChI=1S/C22H25N3O4S/c1-4-28-16-7-9-17(10-8-16)29-14-13-23-21(27)22(2,3)25-20(26)12-11-18(24-25)19-6-5-15-30-19/h5-12,15H,4,13-14H2,1-3H3,(H,23,27). The van der Waals surface area contributed by atoms with E-state index >= 15 is 0 Å². The van der Waals surface area contributed by atoms with E-state index in [0.717, 1.165) is 10.6 Å². The molecule has 1 aromatic carbocycles. The first-order valence-corrected chi connectivity index (χ1v) is 10.6. The molecule has 2 aromatic heterocycles. The maximum Gasteiger partial charge on any atom is 0.267 e. The summed E-state index contributed by atoms with van der Waals surface area (Å²) < 4.78 is 12.3. The predicted molar refractivity (Wildman–Crippen MR) is 117 cm³/mol. The van der Waals surface area contributed by atoms with Crippen LogP contribution < -0.4 is 20.3 Å². The van der Waals surface area contributed by atoms with Gasteiger partial charge in [-0.25, -0.2) is 4.68 Å². The van der Waals surface area contributed by atoms with Gasteiger partial charge in [0.15, 0.2) is 0 Å². The molecule has 0 unspecified atom stereocenters. The second-order valence-electron chi connectivity index (χ2n) is 7.01. The maximum atomic E-state index is 12.8. The normalized spacial score (nSPS) is 11.2. The Morgan fingerprint density at radius 1 is 1.10 bits per heavy atom. The van der Waals surface area contributed by atoms with Crippen LogP contribution in [-0.4, -0.2) is 35.4 Å². The molecular formula is C22H25N3O4S. The first-order valence-electron chi connectivity index (χ1n) is 9.70. The molecule has 30 heavy (non-hydrogen) atoms. The zero-order valence-corrected chi connectivity index (χ0v) is 18.1. The lowest BCUT2D eigenvalue weighted by atomic mass is 10.0. The van der Waals surface area contributed by atoms with Gasteiger partial charge in [-0.15, -0.1) is 11.3 Å². The van der Waals surface area contributed by atoms with Gasteiger partial charge in [-0.05, 0) is 62.5 Å². The Labute approximate surface area is 179 Å². The zero-order valence-electron chi connectivity index (χ0n) is 17.3. The second kappa shape index (κ2) is 9.58. The van der Waals surface area contributed by atoms with Gasteiger partial charge in [0.05, 0.1) is 18.0 Å². The molecular weight excluding hydrogens is 402 g/mol. The Hall–Kier alpha value is -3.13. The van der Waals surface area contributed by atoms with Crippen LogP contribution in [-0.2, 0) is 10.3 Å². The van der Waals surface area contributed by atoms with Crippen LogP contribution in [0.3, 0.4) is 0 Å². The highest BCUT2D eigenvalue weighted by Crippen LogP contribution is 2.22. The summed E-state index contributed by atoms with van der Waals surface area (Å²) in [5, 5.41) is 9.18. The first-order chi connectivity index (χ1) is 14.4. The number of rotatable bonds is 9. The average molecular weight is 428 g/mol. The van der Waals surface area contributed by atoms with Gasteiger partial charge in [-0.1, -0.05) is 6.07 Å². The zero-order chi connectivity index (χ0) is 21.6. The molecule has 0 fully saturated rings. The smallest absolute Gasteiger partial charge is 0.267 e. The van der Waals surface area contributed by atoms with E-state index in [1.54, 1.807) is 19.9 Å². The number of thiophene rings is 1. The fraction of sp³-hybridized carbons (Fsp3) is 0.318. The van der Waals surface area contributed by atoms with Crippen LogP contribution in [0, 0.1) is 0 Å². The minimum Gasteiger partial charge on any atom is -0.494 e.